The molecule has 0 spiro atoms. The summed E-state index contributed by atoms with van der Waals surface area (Å²) in [5.74, 6) is 0. The van der Waals surface area contributed by atoms with Crippen LogP contribution in [0.25, 0.3) is 5.65 Å². The molecule has 1 amide bonds. The molecule has 0 N–H and O–H groups in total. The Morgan fingerprint density at radius 1 is 1.30 bits per heavy atom. The van der Waals surface area contributed by atoms with Crippen molar-refractivity contribution in [2.24, 2.45) is 0 Å². The molecule has 27 heavy (non-hydrogen) atoms. The highest BCUT2D eigenvalue weighted by molar-refractivity contribution is 5.68. The Morgan fingerprint density at radius 2 is 2.04 bits per heavy atom. The fourth-order valence-corrected chi connectivity index (χ4v) is 3.32. The number of aromatic nitrogens is 2. The van der Waals surface area contributed by atoms with Crippen molar-refractivity contribution in [1.82, 2.24) is 14.3 Å². The van der Waals surface area contributed by atoms with Crippen molar-refractivity contribution >= 4 is 11.7 Å². The lowest BCUT2D eigenvalue weighted by molar-refractivity contribution is -0.137. The van der Waals surface area contributed by atoms with Crippen LogP contribution in [0.4, 0.5) is 18.0 Å². The minimum absolute atomic E-state index is 0.0689. The molecule has 148 valence electrons. The topological polar surface area (TPSA) is 46.8 Å². The molecule has 3 heterocycles. The number of pyridine rings is 1. The standard InChI is InChI=1S/C19H24F3N3O2/c1-18(2,3)27-17(26)25-8-5-4-6-15(25)11-14-12-24-9-7-13(19(20,21)22)10-16(24)23-14/h7,9-10,12,15H,4-6,8,11H2,1-3H3. The van der Waals surface area contributed by atoms with Gasteiger partial charge < -0.3 is 14.0 Å². The first-order valence-corrected chi connectivity index (χ1v) is 9.07. The van der Waals surface area contributed by atoms with E-state index in [2.05, 4.69) is 4.98 Å². The van der Waals surface area contributed by atoms with E-state index < -0.39 is 17.3 Å². The van der Waals surface area contributed by atoms with Crippen LogP contribution < -0.4 is 0 Å². The fraction of sp³-hybridized carbons (Fsp3) is 0.579. The molecule has 3 rings (SSSR count). The average molecular weight is 383 g/mol. The third-order valence-corrected chi connectivity index (χ3v) is 4.54. The number of halogens is 3. The highest BCUT2D eigenvalue weighted by Crippen LogP contribution is 2.30. The fourth-order valence-electron chi connectivity index (χ4n) is 3.32. The van der Waals surface area contributed by atoms with Gasteiger partial charge in [-0.2, -0.15) is 13.2 Å². The number of hydrogen-bond donors (Lipinski definition) is 0. The summed E-state index contributed by atoms with van der Waals surface area (Å²) >= 11 is 0. The molecule has 5 nitrogen and oxygen atoms in total. The van der Waals surface area contributed by atoms with E-state index in [1.54, 1.807) is 15.5 Å². The summed E-state index contributed by atoms with van der Waals surface area (Å²) in [6.45, 7) is 6.09. The van der Waals surface area contributed by atoms with E-state index in [-0.39, 0.29) is 17.8 Å². The highest BCUT2D eigenvalue weighted by Gasteiger charge is 2.32. The van der Waals surface area contributed by atoms with Crippen LogP contribution in [-0.4, -0.2) is 38.6 Å². The van der Waals surface area contributed by atoms with Gasteiger partial charge in [0.2, 0.25) is 0 Å². The van der Waals surface area contributed by atoms with E-state index in [4.69, 9.17) is 4.74 Å². The Morgan fingerprint density at radius 3 is 2.70 bits per heavy atom. The maximum absolute atomic E-state index is 12.9. The Kier molecular flexibility index (Phi) is 5.10. The molecule has 0 aromatic carbocycles. The van der Waals surface area contributed by atoms with Gasteiger partial charge in [-0.15, -0.1) is 0 Å². The minimum atomic E-state index is -4.40. The minimum Gasteiger partial charge on any atom is -0.444 e. The van der Waals surface area contributed by atoms with Crippen LogP contribution in [0.2, 0.25) is 0 Å². The number of ether oxygens (including phenoxy) is 1. The molecule has 1 fully saturated rings. The number of fused-ring (bicyclic) bond motifs is 1. The lowest BCUT2D eigenvalue weighted by Gasteiger charge is -2.36. The predicted octanol–water partition coefficient (Wildman–Crippen LogP) is 4.69. The van der Waals surface area contributed by atoms with E-state index in [1.807, 2.05) is 20.8 Å². The summed E-state index contributed by atoms with van der Waals surface area (Å²) in [6.07, 6.45) is 1.55. The number of carbonyl (C=O) groups is 1. The quantitative estimate of drug-likeness (QED) is 0.756. The van der Waals surface area contributed by atoms with Crippen LogP contribution >= 0.6 is 0 Å². The summed E-state index contributed by atoms with van der Waals surface area (Å²) < 4.78 is 45.7. The van der Waals surface area contributed by atoms with Crippen LogP contribution in [0, 0.1) is 0 Å². The first-order valence-electron chi connectivity index (χ1n) is 9.07. The van der Waals surface area contributed by atoms with Gasteiger partial charge in [-0.05, 0) is 52.2 Å². The third kappa shape index (κ3) is 4.73. The van der Waals surface area contributed by atoms with Gasteiger partial charge in [0.1, 0.15) is 11.2 Å². The van der Waals surface area contributed by atoms with Crippen LogP contribution in [0.3, 0.4) is 0 Å². The summed E-state index contributed by atoms with van der Waals surface area (Å²) in [5, 5.41) is 0. The smallest absolute Gasteiger partial charge is 0.416 e. The van der Waals surface area contributed by atoms with Gasteiger partial charge in [-0.25, -0.2) is 9.78 Å². The van der Waals surface area contributed by atoms with Crippen molar-refractivity contribution in [3.8, 4) is 0 Å². The van der Waals surface area contributed by atoms with Gasteiger partial charge in [0.25, 0.3) is 0 Å². The van der Waals surface area contributed by atoms with Gasteiger partial charge >= 0.3 is 12.3 Å². The lowest BCUT2D eigenvalue weighted by atomic mass is 9.98. The normalized spacial score (nSPS) is 18.7. The second-order valence-corrected chi connectivity index (χ2v) is 7.94. The van der Waals surface area contributed by atoms with Crippen molar-refractivity contribution in [1.29, 1.82) is 0 Å². The Labute approximate surface area is 156 Å². The lowest BCUT2D eigenvalue weighted by Crippen LogP contribution is -2.47. The molecule has 0 radical (unpaired) electrons. The highest BCUT2D eigenvalue weighted by atomic mass is 19.4. The van der Waals surface area contributed by atoms with Crippen molar-refractivity contribution in [2.45, 2.75) is 64.3 Å². The van der Waals surface area contributed by atoms with Crippen molar-refractivity contribution in [3.63, 3.8) is 0 Å². The molecule has 1 aliphatic heterocycles. The molecule has 2 aromatic heterocycles. The first-order chi connectivity index (χ1) is 12.5. The van der Waals surface area contributed by atoms with Crippen LogP contribution in [0.1, 0.15) is 51.3 Å². The molecule has 1 saturated heterocycles. The van der Waals surface area contributed by atoms with Gasteiger partial charge in [0.15, 0.2) is 0 Å². The van der Waals surface area contributed by atoms with Crippen LogP contribution in [-0.2, 0) is 17.3 Å². The molecule has 1 aliphatic rings. The number of imidazole rings is 1. The first kappa shape index (κ1) is 19.5. The average Bonchev–Trinajstić information content (AvgIpc) is 2.94. The molecular formula is C19H24F3N3O2. The predicted molar refractivity (Wildman–Crippen MR) is 94.5 cm³/mol. The zero-order valence-electron chi connectivity index (χ0n) is 15.7. The number of likely N-dealkylation sites (tertiary alicyclic amines) is 1. The summed E-state index contributed by atoms with van der Waals surface area (Å²) in [4.78, 5) is 18.6. The second kappa shape index (κ2) is 7.05. The SMILES string of the molecule is CC(C)(C)OC(=O)N1CCCCC1Cc1cn2ccc(C(F)(F)F)cc2n1. The van der Waals surface area contributed by atoms with Gasteiger partial charge in [-0.3, -0.25) is 0 Å². The number of hydrogen-bond acceptors (Lipinski definition) is 3. The van der Waals surface area contributed by atoms with Gasteiger partial charge in [-0.1, -0.05) is 0 Å². The van der Waals surface area contributed by atoms with E-state index in [0.29, 0.717) is 18.7 Å². The number of alkyl halides is 3. The van der Waals surface area contributed by atoms with Gasteiger partial charge in [0, 0.05) is 31.4 Å². The van der Waals surface area contributed by atoms with E-state index >= 15 is 0 Å². The molecular weight excluding hydrogens is 359 g/mol. The van der Waals surface area contributed by atoms with Crippen LogP contribution in [0.5, 0.6) is 0 Å². The van der Waals surface area contributed by atoms with Crippen molar-refractivity contribution in [3.05, 3.63) is 35.8 Å². The number of rotatable bonds is 2. The maximum atomic E-state index is 12.9. The van der Waals surface area contributed by atoms with E-state index in [0.717, 1.165) is 31.4 Å². The zero-order chi connectivity index (χ0) is 19.8. The van der Waals surface area contributed by atoms with E-state index in [1.165, 1.54) is 6.20 Å². The summed E-state index contributed by atoms with van der Waals surface area (Å²) in [7, 11) is 0. The molecule has 0 aliphatic carbocycles. The van der Waals surface area contributed by atoms with Crippen molar-refractivity contribution < 1.29 is 22.7 Å². The largest absolute Gasteiger partial charge is 0.444 e. The monoisotopic (exact) mass is 383 g/mol. The van der Waals surface area contributed by atoms with Gasteiger partial charge in [0.05, 0.1) is 11.3 Å². The number of nitrogens with zero attached hydrogens (tertiary/aromatic N) is 3. The third-order valence-electron chi connectivity index (χ3n) is 4.54. The molecule has 8 heteroatoms. The zero-order valence-corrected chi connectivity index (χ0v) is 15.7. The Hall–Kier alpha value is -2.25. The molecule has 0 saturated carbocycles. The number of carbonyl (C=O) groups excluding carboxylic acids is 1. The summed E-state index contributed by atoms with van der Waals surface area (Å²) in [5.41, 5.74) is -0.384. The second-order valence-electron chi connectivity index (χ2n) is 7.94. The number of piperidine rings is 1. The Bertz CT molecular complexity index is 824. The van der Waals surface area contributed by atoms with Crippen molar-refractivity contribution in [2.75, 3.05) is 6.54 Å². The molecule has 1 unspecified atom stereocenters. The Balaban J connectivity index is 1.79. The molecule has 0 bridgehead atoms. The summed E-state index contributed by atoms with van der Waals surface area (Å²) in [6, 6.07) is 2.00. The van der Waals surface area contributed by atoms with E-state index in [9.17, 15) is 18.0 Å². The maximum Gasteiger partial charge on any atom is 0.416 e. The molecule has 2 aromatic rings. The number of amides is 1. The molecule has 1 atom stereocenters. The van der Waals surface area contributed by atoms with Crippen LogP contribution in [0.15, 0.2) is 24.5 Å².